The maximum absolute atomic E-state index is 13.1. The molecule has 3 atom stereocenters. The summed E-state index contributed by atoms with van der Waals surface area (Å²) in [7, 11) is 0. The smallest absolute Gasteiger partial charge is 0.270 e. The Hall–Kier alpha value is -3.51. The van der Waals surface area contributed by atoms with Gasteiger partial charge in [0.25, 0.3) is 5.56 Å². The number of anilines is 3. The van der Waals surface area contributed by atoms with E-state index in [0.717, 1.165) is 44.7 Å². The van der Waals surface area contributed by atoms with Gasteiger partial charge in [-0.2, -0.15) is 10.2 Å². The van der Waals surface area contributed by atoms with E-state index in [2.05, 4.69) is 58.8 Å². The fourth-order valence-corrected chi connectivity index (χ4v) is 5.56. The Labute approximate surface area is 211 Å². The standard InChI is InChI=1S/C27H34N8O/c1-5-19-13-23(18(19)4)35-25-21(12-20(14-28)26(35)36)15-30-27(32-25)31-24-7-6-22(16-29-24)34-10-8-33(9-11-34)17(2)3/h6-7,12,15-19,23H,5,8-11,13H2,1-4H3,(H,29,30,31,32)/t18-,19?,23?/m0/s1. The average Bonchev–Trinajstić information content (AvgIpc) is 2.89. The Morgan fingerprint density at radius 3 is 2.56 bits per heavy atom. The van der Waals surface area contributed by atoms with Gasteiger partial charge in [-0.05, 0) is 50.3 Å². The summed E-state index contributed by atoms with van der Waals surface area (Å²) >= 11 is 0. The van der Waals surface area contributed by atoms with Gasteiger partial charge in [-0.25, -0.2) is 9.97 Å². The van der Waals surface area contributed by atoms with Crippen LogP contribution in [0.25, 0.3) is 11.0 Å². The first-order valence-electron chi connectivity index (χ1n) is 12.9. The number of nitriles is 1. The van der Waals surface area contributed by atoms with Crippen LogP contribution in [-0.4, -0.2) is 56.6 Å². The van der Waals surface area contributed by atoms with Crippen molar-refractivity contribution >= 4 is 28.5 Å². The first-order valence-corrected chi connectivity index (χ1v) is 12.9. The molecule has 0 aromatic carbocycles. The quantitative estimate of drug-likeness (QED) is 0.559. The first-order chi connectivity index (χ1) is 17.4. The van der Waals surface area contributed by atoms with E-state index in [9.17, 15) is 10.1 Å². The molecule has 1 N–H and O–H groups in total. The van der Waals surface area contributed by atoms with Crippen molar-refractivity contribution in [1.29, 1.82) is 5.26 Å². The molecular formula is C27H34N8O. The monoisotopic (exact) mass is 486 g/mol. The number of pyridine rings is 2. The highest BCUT2D eigenvalue weighted by Gasteiger charge is 2.39. The van der Waals surface area contributed by atoms with E-state index >= 15 is 0 Å². The van der Waals surface area contributed by atoms with Crippen LogP contribution in [0.5, 0.6) is 0 Å². The van der Waals surface area contributed by atoms with E-state index in [4.69, 9.17) is 4.98 Å². The molecule has 2 unspecified atom stereocenters. The first kappa shape index (κ1) is 24.2. The highest BCUT2D eigenvalue weighted by atomic mass is 16.1. The molecule has 3 aromatic rings. The van der Waals surface area contributed by atoms with Crippen LogP contribution in [0.1, 0.15) is 52.1 Å². The van der Waals surface area contributed by atoms with E-state index in [1.807, 2.05) is 18.3 Å². The lowest BCUT2D eigenvalue weighted by Crippen LogP contribution is -2.48. The van der Waals surface area contributed by atoms with E-state index in [1.165, 1.54) is 0 Å². The summed E-state index contributed by atoms with van der Waals surface area (Å²) < 4.78 is 1.71. The molecule has 9 nitrogen and oxygen atoms in total. The maximum Gasteiger partial charge on any atom is 0.270 e. The molecule has 0 spiro atoms. The van der Waals surface area contributed by atoms with Gasteiger partial charge in [-0.1, -0.05) is 20.3 Å². The summed E-state index contributed by atoms with van der Waals surface area (Å²) in [4.78, 5) is 31.7. The summed E-state index contributed by atoms with van der Waals surface area (Å²) in [6.07, 6.45) is 5.55. The van der Waals surface area contributed by atoms with Crippen molar-refractivity contribution in [3.05, 3.63) is 46.5 Å². The molecule has 1 saturated carbocycles. The number of rotatable bonds is 6. The van der Waals surface area contributed by atoms with Gasteiger partial charge >= 0.3 is 0 Å². The normalized spacial score (nSPS) is 22.4. The molecular weight excluding hydrogens is 452 g/mol. The molecule has 1 aliphatic heterocycles. The minimum absolute atomic E-state index is 0.0366. The zero-order valence-corrected chi connectivity index (χ0v) is 21.5. The van der Waals surface area contributed by atoms with Gasteiger partial charge in [0.2, 0.25) is 5.95 Å². The van der Waals surface area contributed by atoms with Crippen molar-refractivity contribution < 1.29 is 0 Å². The minimum atomic E-state index is -0.277. The maximum atomic E-state index is 13.1. The van der Waals surface area contributed by atoms with Crippen LogP contribution >= 0.6 is 0 Å². The number of nitrogens with one attached hydrogen (secondary N) is 1. The molecule has 2 fully saturated rings. The third-order valence-electron chi connectivity index (χ3n) is 8.04. The summed E-state index contributed by atoms with van der Waals surface area (Å²) in [5.41, 5.74) is 1.51. The van der Waals surface area contributed by atoms with Crippen LogP contribution in [0.2, 0.25) is 0 Å². The van der Waals surface area contributed by atoms with Gasteiger partial charge in [0.15, 0.2) is 0 Å². The average molecular weight is 487 g/mol. The molecule has 1 saturated heterocycles. The van der Waals surface area contributed by atoms with Crippen LogP contribution < -0.4 is 15.8 Å². The highest BCUT2D eigenvalue weighted by molar-refractivity contribution is 5.77. The van der Waals surface area contributed by atoms with Gasteiger partial charge in [-0.15, -0.1) is 0 Å². The molecule has 0 radical (unpaired) electrons. The highest BCUT2D eigenvalue weighted by Crippen LogP contribution is 2.45. The zero-order chi connectivity index (χ0) is 25.4. The molecule has 1 aliphatic carbocycles. The van der Waals surface area contributed by atoms with Crippen LogP contribution in [-0.2, 0) is 0 Å². The topological polar surface area (TPSA) is 103 Å². The number of hydrogen-bond donors (Lipinski definition) is 1. The molecule has 0 amide bonds. The van der Waals surface area contributed by atoms with Crippen LogP contribution in [0.3, 0.4) is 0 Å². The predicted octanol–water partition coefficient (Wildman–Crippen LogP) is 3.94. The van der Waals surface area contributed by atoms with Gasteiger partial charge in [-0.3, -0.25) is 14.3 Å². The fraction of sp³-hybridized carbons (Fsp3) is 0.519. The largest absolute Gasteiger partial charge is 0.368 e. The van der Waals surface area contributed by atoms with Crippen molar-refractivity contribution in [3.8, 4) is 6.07 Å². The summed E-state index contributed by atoms with van der Waals surface area (Å²) in [5, 5.41) is 13.4. The van der Waals surface area contributed by atoms with Gasteiger partial charge in [0, 0.05) is 49.8 Å². The lowest BCUT2D eigenvalue weighted by Gasteiger charge is -2.43. The number of hydrogen-bond acceptors (Lipinski definition) is 8. The summed E-state index contributed by atoms with van der Waals surface area (Å²) in [6.45, 7) is 12.9. The Balaban J connectivity index is 1.38. The van der Waals surface area contributed by atoms with Crippen molar-refractivity contribution in [2.24, 2.45) is 11.8 Å². The zero-order valence-electron chi connectivity index (χ0n) is 21.5. The van der Waals surface area contributed by atoms with Gasteiger partial charge in [0.05, 0.1) is 11.9 Å². The van der Waals surface area contributed by atoms with Crippen molar-refractivity contribution in [3.63, 3.8) is 0 Å². The molecule has 2 aliphatic rings. The SMILES string of the molecule is CCC1CC(n2c(=O)c(C#N)cc3cnc(Nc4ccc(N5CCN(C(C)C)CC5)cn4)nc32)[C@H]1C. The second-order valence-corrected chi connectivity index (χ2v) is 10.3. The summed E-state index contributed by atoms with van der Waals surface area (Å²) in [5.74, 6) is 1.96. The number of fused-ring (bicyclic) bond motifs is 1. The van der Waals surface area contributed by atoms with E-state index in [-0.39, 0.29) is 17.2 Å². The second-order valence-electron chi connectivity index (χ2n) is 10.3. The van der Waals surface area contributed by atoms with Crippen molar-refractivity contribution in [2.45, 2.75) is 52.6 Å². The van der Waals surface area contributed by atoms with Crippen molar-refractivity contribution in [2.75, 3.05) is 36.4 Å². The Kier molecular flexibility index (Phi) is 6.63. The number of nitrogens with zero attached hydrogens (tertiary/aromatic N) is 7. The van der Waals surface area contributed by atoms with Crippen LogP contribution in [0.4, 0.5) is 17.5 Å². The molecule has 9 heteroatoms. The molecule has 5 rings (SSSR count). The molecule has 4 heterocycles. The fourth-order valence-electron chi connectivity index (χ4n) is 5.56. The Morgan fingerprint density at radius 1 is 1.17 bits per heavy atom. The second kappa shape index (κ2) is 9.86. The number of piperazine rings is 1. The predicted molar refractivity (Wildman–Crippen MR) is 142 cm³/mol. The molecule has 0 bridgehead atoms. The molecule has 36 heavy (non-hydrogen) atoms. The third-order valence-corrected chi connectivity index (χ3v) is 8.04. The lowest BCUT2D eigenvalue weighted by molar-refractivity contribution is 0.0929. The van der Waals surface area contributed by atoms with E-state index in [1.54, 1.807) is 16.8 Å². The summed E-state index contributed by atoms with van der Waals surface area (Å²) in [6, 6.07) is 8.24. The van der Waals surface area contributed by atoms with E-state index in [0.29, 0.717) is 40.7 Å². The molecule has 3 aromatic heterocycles. The third kappa shape index (κ3) is 4.42. The lowest BCUT2D eigenvalue weighted by atomic mass is 9.69. The Bertz CT molecular complexity index is 1330. The van der Waals surface area contributed by atoms with Crippen LogP contribution in [0.15, 0.2) is 35.4 Å². The van der Waals surface area contributed by atoms with Crippen molar-refractivity contribution in [1.82, 2.24) is 24.4 Å². The van der Waals surface area contributed by atoms with Crippen LogP contribution in [0, 0.1) is 23.2 Å². The van der Waals surface area contributed by atoms with E-state index < -0.39 is 0 Å². The molecule has 188 valence electrons. The van der Waals surface area contributed by atoms with Gasteiger partial charge < -0.3 is 10.2 Å². The van der Waals surface area contributed by atoms with Gasteiger partial charge in [0.1, 0.15) is 23.1 Å². The minimum Gasteiger partial charge on any atom is -0.368 e. The Morgan fingerprint density at radius 2 is 1.94 bits per heavy atom. The number of aromatic nitrogens is 4.